The number of nitrogens with zero attached hydrogens (tertiary/aromatic N) is 1. The second-order valence-electron chi connectivity index (χ2n) is 4.68. The number of methoxy groups -OCH3 is 1. The number of benzene rings is 2. The summed E-state index contributed by atoms with van der Waals surface area (Å²) in [7, 11) is 1.57. The average Bonchev–Trinajstić information content (AvgIpc) is 2.55. The SMILES string of the molecule is CCOc1cc(/C=N\NC(=O)c2cccc(Cl)c2)cc(Br)c1OC. The number of ether oxygens (including phenoxy) is 2. The molecular weight excluding hydrogens is 396 g/mol. The van der Waals surface area contributed by atoms with Crippen molar-refractivity contribution in [2.45, 2.75) is 6.92 Å². The van der Waals surface area contributed by atoms with Gasteiger partial charge in [0.1, 0.15) is 0 Å². The summed E-state index contributed by atoms with van der Waals surface area (Å²) < 4.78 is 11.6. The molecule has 5 nitrogen and oxygen atoms in total. The highest BCUT2D eigenvalue weighted by Crippen LogP contribution is 2.36. The van der Waals surface area contributed by atoms with E-state index in [1.807, 2.05) is 13.0 Å². The molecule has 0 atom stereocenters. The lowest BCUT2D eigenvalue weighted by atomic mass is 10.2. The Bertz CT molecular complexity index is 765. The van der Waals surface area contributed by atoms with Crippen LogP contribution in [0.4, 0.5) is 0 Å². The number of halogens is 2. The minimum Gasteiger partial charge on any atom is -0.492 e. The van der Waals surface area contributed by atoms with Crippen LogP contribution in [0, 0.1) is 0 Å². The fraction of sp³-hybridized carbons (Fsp3) is 0.176. The number of rotatable bonds is 6. The molecule has 1 amide bonds. The van der Waals surface area contributed by atoms with Gasteiger partial charge in [-0.3, -0.25) is 4.79 Å². The van der Waals surface area contributed by atoms with E-state index in [9.17, 15) is 4.79 Å². The van der Waals surface area contributed by atoms with E-state index >= 15 is 0 Å². The van der Waals surface area contributed by atoms with Crippen LogP contribution in [-0.4, -0.2) is 25.8 Å². The normalized spacial score (nSPS) is 10.7. The summed E-state index contributed by atoms with van der Waals surface area (Å²) in [4.78, 5) is 12.0. The number of hydrogen-bond donors (Lipinski definition) is 1. The molecular formula is C17H16BrClN2O3. The van der Waals surface area contributed by atoms with Gasteiger partial charge in [-0.05, 0) is 58.7 Å². The zero-order valence-corrected chi connectivity index (χ0v) is 15.5. The number of hydrazone groups is 1. The Morgan fingerprint density at radius 2 is 2.17 bits per heavy atom. The molecule has 2 rings (SSSR count). The van der Waals surface area contributed by atoms with Gasteiger partial charge in [0.2, 0.25) is 0 Å². The molecule has 0 aliphatic carbocycles. The van der Waals surface area contributed by atoms with E-state index in [1.54, 1.807) is 37.4 Å². The summed E-state index contributed by atoms with van der Waals surface area (Å²) in [5, 5.41) is 4.45. The van der Waals surface area contributed by atoms with Crippen LogP contribution in [0.1, 0.15) is 22.8 Å². The third kappa shape index (κ3) is 4.72. The van der Waals surface area contributed by atoms with E-state index in [4.69, 9.17) is 21.1 Å². The van der Waals surface area contributed by atoms with Gasteiger partial charge < -0.3 is 9.47 Å². The maximum Gasteiger partial charge on any atom is 0.271 e. The van der Waals surface area contributed by atoms with Crippen LogP contribution < -0.4 is 14.9 Å². The molecule has 0 unspecified atom stereocenters. The first-order chi connectivity index (χ1) is 11.5. The number of carbonyl (C=O) groups excluding carboxylic acids is 1. The van der Waals surface area contributed by atoms with Crippen LogP contribution in [0.25, 0.3) is 0 Å². The zero-order chi connectivity index (χ0) is 17.5. The van der Waals surface area contributed by atoms with Gasteiger partial charge in [-0.25, -0.2) is 5.43 Å². The molecule has 24 heavy (non-hydrogen) atoms. The van der Waals surface area contributed by atoms with Crippen molar-refractivity contribution < 1.29 is 14.3 Å². The van der Waals surface area contributed by atoms with E-state index in [0.29, 0.717) is 28.7 Å². The standard InChI is InChI=1S/C17H16BrClN2O3/c1-3-24-15-8-11(7-14(18)16(15)23-2)10-20-21-17(22)12-5-4-6-13(19)9-12/h4-10H,3H2,1-2H3,(H,21,22)/b20-10-. The monoisotopic (exact) mass is 410 g/mol. The fourth-order valence-corrected chi connectivity index (χ4v) is 2.80. The summed E-state index contributed by atoms with van der Waals surface area (Å²) in [6.45, 7) is 2.40. The first kappa shape index (κ1) is 18.3. The van der Waals surface area contributed by atoms with E-state index < -0.39 is 0 Å². The number of hydrogen-bond acceptors (Lipinski definition) is 4. The van der Waals surface area contributed by atoms with Gasteiger partial charge in [0, 0.05) is 10.6 Å². The Balaban J connectivity index is 2.12. The number of nitrogens with one attached hydrogen (secondary N) is 1. The second-order valence-corrected chi connectivity index (χ2v) is 5.97. The summed E-state index contributed by atoms with van der Waals surface area (Å²) in [6, 6.07) is 10.2. The Hall–Kier alpha value is -2.05. The van der Waals surface area contributed by atoms with Crippen LogP contribution in [0.2, 0.25) is 5.02 Å². The molecule has 0 aliphatic rings. The van der Waals surface area contributed by atoms with E-state index in [-0.39, 0.29) is 5.91 Å². The lowest BCUT2D eigenvalue weighted by Gasteiger charge is -2.11. The van der Waals surface area contributed by atoms with Crippen LogP contribution in [0.15, 0.2) is 46.0 Å². The van der Waals surface area contributed by atoms with E-state index in [1.165, 1.54) is 6.21 Å². The Morgan fingerprint density at radius 3 is 2.83 bits per heavy atom. The average molecular weight is 412 g/mol. The molecule has 0 fully saturated rings. The van der Waals surface area contributed by atoms with Crippen molar-refractivity contribution >= 4 is 39.7 Å². The second kappa shape index (κ2) is 8.70. The third-order valence-corrected chi connectivity index (χ3v) is 3.83. The summed E-state index contributed by atoms with van der Waals surface area (Å²) >= 11 is 9.29. The van der Waals surface area contributed by atoms with Gasteiger partial charge >= 0.3 is 0 Å². The van der Waals surface area contributed by atoms with Crippen molar-refractivity contribution in [3.05, 3.63) is 57.0 Å². The van der Waals surface area contributed by atoms with Gasteiger partial charge in [-0.1, -0.05) is 17.7 Å². The molecule has 0 aliphatic heterocycles. The highest BCUT2D eigenvalue weighted by atomic mass is 79.9. The summed E-state index contributed by atoms with van der Waals surface area (Å²) in [6.07, 6.45) is 1.52. The summed E-state index contributed by atoms with van der Waals surface area (Å²) in [5.41, 5.74) is 3.64. The highest BCUT2D eigenvalue weighted by molar-refractivity contribution is 9.10. The Kier molecular flexibility index (Phi) is 6.63. The molecule has 0 aromatic heterocycles. The van der Waals surface area contributed by atoms with Crippen molar-refractivity contribution in [3.8, 4) is 11.5 Å². The first-order valence-electron chi connectivity index (χ1n) is 7.14. The van der Waals surface area contributed by atoms with Crippen molar-refractivity contribution in [3.63, 3.8) is 0 Å². The van der Waals surface area contributed by atoms with Crippen molar-refractivity contribution in [2.24, 2.45) is 5.10 Å². The number of amides is 1. The Labute approximate surface area is 153 Å². The topological polar surface area (TPSA) is 59.9 Å². The summed E-state index contributed by atoms with van der Waals surface area (Å²) in [5.74, 6) is 0.861. The Morgan fingerprint density at radius 1 is 1.38 bits per heavy atom. The molecule has 0 radical (unpaired) electrons. The lowest BCUT2D eigenvalue weighted by molar-refractivity contribution is 0.0955. The van der Waals surface area contributed by atoms with Gasteiger partial charge in [0.05, 0.1) is 24.4 Å². The molecule has 2 aromatic rings. The zero-order valence-electron chi connectivity index (χ0n) is 13.2. The van der Waals surface area contributed by atoms with Gasteiger partial charge in [0.25, 0.3) is 5.91 Å². The quantitative estimate of drug-likeness (QED) is 0.570. The third-order valence-electron chi connectivity index (χ3n) is 3.00. The van der Waals surface area contributed by atoms with E-state index in [2.05, 4.69) is 26.5 Å². The molecule has 126 valence electrons. The minimum absolute atomic E-state index is 0.341. The van der Waals surface area contributed by atoms with Crippen molar-refractivity contribution in [2.75, 3.05) is 13.7 Å². The van der Waals surface area contributed by atoms with Crippen LogP contribution >= 0.6 is 27.5 Å². The molecule has 0 spiro atoms. The molecule has 7 heteroatoms. The van der Waals surface area contributed by atoms with Crippen LogP contribution in [0.3, 0.4) is 0 Å². The predicted octanol–water partition coefficient (Wildman–Crippen LogP) is 4.27. The largest absolute Gasteiger partial charge is 0.492 e. The molecule has 2 aromatic carbocycles. The molecule has 0 heterocycles. The molecule has 1 N–H and O–H groups in total. The first-order valence-corrected chi connectivity index (χ1v) is 8.31. The maximum atomic E-state index is 12.0. The van der Waals surface area contributed by atoms with E-state index in [0.717, 1.165) is 10.0 Å². The molecule has 0 saturated carbocycles. The maximum absolute atomic E-state index is 12.0. The van der Waals surface area contributed by atoms with Crippen molar-refractivity contribution in [1.82, 2.24) is 5.43 Å². The van der Waals surface area contributed by atoms with Crippen LogP contribution in [-0.2, 0) is 0 Å². The van der Waals surface area contributed by atoms with Gasteiger partial charge in [-0.15, -0.1) is 0 Å². The lowest BCUT2D eigenvalue weighted by Crippen LogP contribution is -2.17. The smallest absolute Gasteiger partial charge is 0.271 e. The van der Waals surface area contributed by atoms with Gasteiger partial charge in [0.15, 0.2) is 11.5 Å². The molecule has 0 saturated heterocycles. The highest BCUT2D eigenvalue weighted by Gasteiger charge is 2.10. The molecule has 0 bridgehead atoms. The minimum atomic E-state index is -0.341. The fourth-order valence-electron chi connectivity index (χ4n) is 1.98. The predicted molar refractivity (Wildman–Crippen MR) is 98.4 cm³/mol. The number of carbonyl (C=O) groups is 1. The van der Waals surface area contributed by atoms with Crippen LogP contribution in [0.5, 0.6) is 11.5 Å². The van der Waals surface area contributed by atoms with Crippen molar-refractivity contribution in [1.29, 1.82) is 0 Å². The van der Waals surface area contributed by atoms with Gasteiger partial charge in [-0.2, -0.15) is 5.10 Å².